The highest BCUT2D eigenvalue weighted by Gasteiger charge is 2.24. The van der Waals surface area contributed by atoms with E-state index in [2.05, 4.69) is 15.4 Å². The summed E-state index contributed by atoms with van der Waals surface area (Å²) in [5.74, 6) is -0.387. The number of ether oxygens (including phenoxy) is 2. The Hall–Kier alpha value is -3.92. The number of aromatic nitrogens is 2. The second-order valence-corrected chi connectivity index (χ2v) is 7.71. The number of rotatable bonds is 7. The van der Waals surface area contributed by atoms with E-state index in [0.29, 0.717) is 12.2 Å². The minimum Gasteiger partial charge on any atom is -0.491 e. The number of anilines is 5. The topological polar surface area (TPSA) is 106 Å². The Labute approximate surface area is 190 Å². The van der Waals surface area contributed by atoms with Gasteiger partial charge >= 0.3 is 5.97 Å². The minimum atomic E-state index is -0.693. The van der Waals surface area contributed by atoms with Gasteiger partial charge in [-0.3, -0.25) is 14.7 Å². The van der Waals surface area contributed by atoms with Gasteiger partial charge in [0.1, 0.15) is 12.3 Å². The lowest BCUT2D eigenvalue weighted by molar-refractivity contribution is -0.139. The third-order valence-electron chi connectivity index (χ3n) is 5.02. The number of nitrogens with one attached hydrogen (secondary N) is 1. The van der Waals surface area contributed by atoms with Gasteiger partial charge in [0.25, 0.3) is 0 Å². The number of carbonyl (C=O) groups is 1. The molecule has 0 saturated carbocycles. The number of halogens is 1. The molecular weight excluding hydrogens is 427 g/mol. The molecule has 3 aromatic rings. The fraction of sp³-hybridized carbons (Fsp3) is 0.261. The molecule has 0 saturated heterocycles. The van der Waals surface area contributed by atoms with E-state index in [9.17, 15) is 9.18 Å². The van der Waals surface area contributed by atoms with Crippen LogP contribution in [0.2, 0.25) is 0 Å². The Balaban J connectivity index is 1.76. The van der Waals surface area contributed by atoms with Gasteiger partial charge < -0.3 is 15.2 Å². The molecule has 0 unspecified atom stereocenters. The summed E-state index contributed by atoms with van der Waals surface area (Å²) >= 11 is 0. The van der Waals surface area contributed by atoms with Gasteiger partial charge in [-0.15, -0.1) is 0 Å². The smallest absolute Gasteiger partial charge is 0.326 e. The lowest BCUT2D eigenvalue weighted by Gasteiger charge is -2.25. The van der Waals surface area contributed by atoms with Crippen molar-refractivity contribution in [2.45, 2.75) is 26.5 Å². The van der Waals surface area contributed by atoms with E-state index in [-0.39, 0.29) is 30.4 Å². The van der Waals surface area contributed by atoms with Crippen LogP contribution in [0.15, 0.2) is 48.7 Å². The maximum Gasteiger partial charge on any atom is 0.326 e. The van der Waals surface area contributed by atoms with E-state index in [1.54, 1.807) is 9.91 Å². The summed E-state index contributed by atoms with van der Waals surface area (Å²) in [4.78, 5) is 21.9. The summed E-state index contributed by atoms with van der Waals surface area (Å²) in [7, 11) is 1.35. The number of carbonyl (C=O) groups excluding carboxylic acids is 1. The van der Waals surface area contributed by atoms with Crippen molar-refractivity contribution in [2.75, 3.05) is 29.3 Å². The van der Waals surface area contributed by atoms with Crippen LogP contribution in [0.5, 0.6) is 5.75 Å². The Morgan fingerprint density at radius 2 is 1.97 bits per heavy atom. The highest BCUT2D eigenvalue weighted by molar-refractivity contribution is 5.80. The first-order chi connectivity index (χ1) is 15.9. The number of methoxy groups -OCH3 is 1. The van der Waals surface area contributed by atoms with Crippen molar-refractivity contribution in [3.63, 3.8) is 0 Å². The number of hydrogen-bond acceptors (Lipinski definition) is 9. The van der Waals surface area contributed by atoms with Crippen LogP contribution in [0.1, 0.15) is 19.4 Å². The zero-order valence-electron chi connectivity index (χ0n) is 18.6. The Kier molecular flexibility index (Phi) is 6.27. The molecule has 0 spiro atoms. The van der Waals surface area contributed by atoms with E-state index in [1.807, 2.05) is 56.3 Å². The maximum absolute atomic E-state index is 13.8. The van der Waals surface area contributed by atoms with Gasteiger partial charge in [-0.05, 0) is 55.8 Å². The number of benzene rings is 2. The third kappa shape index (κ3) is 4.80. The van der Waals surface area contributed by atoms with Crippen molar-refractivity contribution in [3.05, 3.63) is 60.0 Å². The second-order valence-electron chi connectivity index (χ2n) is 7.71. The van der Waals surface area contributed by atoms with Crippen LogP contribution in [0, 0.1) is 5.82 Å². The monoisotopic (exact) mass is 452 g/mol. The molecule has 0 bridgehead atoms. The van der Waals surface area contributed by atoms with Gasteiger partial charge in [-0.25, -0.2) is 14.8 Å². The molecule has 0 fully saturated rings. The van der Waals surface area contributed by atoms with Gasteiger partial charge in [-0.1, -0.05) is 6.07 Å². The largest absolute Gasteiger partial charge is 0.491 e. The zero-order chi connectivity index (χ0) is 23.5. The molecule has 1 aliphatic heterocycles. The average molecular weight is 452 g/mol. The molecule has 1 aromatic heterocycles. The van der Waals surface area contributed by atoms with Gasteiger partial charge in [-0.2, -0.15) is 4.98 Å². The zero-order valence-corrected chi connectivity index (χ0v) is 18.6. The Morgan fingerprint density at radius 3 is 2.64 bits per heavy atom. The predicted molar refractivity (Wildman–Crippen MR) is 123 cm³/mol. The molecule has 3 N–H and O–H groups in total. The van der Waals surface area contributed by atoms with Gasteiger partial charge in [0.15, 0.2) is 11.6 Å². The molecule has 172 valence electrons. The lowest BCUT2D eigenvalue weighted by Crippen LogP contribution is -2.37. The number of nitrogens with two attached hydrogens (primary N) is 1. The number of hydrogen-bond donors (Lipinski definition) is 2. The van der Waals surface area contributed by atoms with Crippen molar-refractivity contribution in [1.29, 1.82) is 0 Å². The van der Waals surface area contributed by atoms with Gasteiger partial charge in [0.2, 0.25) is 5.95 Å². The molecule has 0 atom stereocenters. The molecule has 2 heterocycles. The van der Waals surface area contributed by atoms with Crippen molar-refractivity contribution in [3.8, 4) is 5.75 Å². The SMILES string of the molecule is COC(=O)CN1NCc2ccc(N(c3ccc(OC(C)C)cc3)c3ncc(F)c(N)n3)cc21. The highest BCUT2D eigenvalue weighted by Crippen LogP contribution is 2.37. The average Bonchev–Trinajstić information content (AvgIpc) is 3.19. The first-order valence-electron chi connectivity index (χ1n) is 10.4. The first-order valence-corrected chi connectivity index (χ1v) is 10.4. The summed E-state index contributed by atoms with van der Waals surface area (Å²) in [6.45, 7) is 4.53. The van der Waals surface area contributed by atoms with Crippen molar-refractivity contribution in [1.82, 2.24) is 15.4 Å². The van der Waals surface area contributed by atoms with Gasteiger partial charge in [0, 0.05) is 12.2 Å². The molecule has 10 heteroatoms. The Bertz CT molecular complexity index is 1160. The van der Waals surface area contributed by atoms with Crippen LogP contribution in [0.25, 0.3) is 0 Å². The third-order valence-corrected chi connectivity index (χ3v) is 5.02. The van der Waals surface area contributed by atoms with Crippen molar-refractivity contribution in [2.24, 2.45) is 0 Å². The van der Waals surface area contributed by atoms with Crippen LogP contribution in [-0.2, 0) is 16.1 Å². The molecular formula is C23H25FN6O3. The second kappa shape index (κ2) is 9.29. The van der Waals surface area contributed by atoms with Crippen LogP contribution in [-0.4, -0.2) is 35.7 Å². The molecule has 0 aliphatic carbocycles. The molecule has 33 heavy (non-hydrogen) atoms. The quantitative estimate of drug-likeness (QED) is 0.521. The van der Waals surface area contributed by atoms with E-state index >= 15 is 0 Å². The van der Waals surface area contributed by atoms with Crippen LogP contribution < -0.4 is 25.8 Å². The molecule has 2 aromatic carbocycles. The molecule has 9 nitrogen and oxygen atoms in total. The number of hydrazine groups is 1. The fourth-order valence-corrected chi connectivity index (χ4v) is 3.50. The van der Waals surface area contributed by atoms with E-state index in [0.717, 1.165) is 28.9 Å². The molecule has 0 radical (unpaired) electrons. The van der Waals surface area contributed by atoms with Gasteiger partial charge in [0.05, 0.1) is 30.8 Å². The number of nitrogen functional groups attached to an aromatic ring is 1. The first kappa shape index (κ1) is 22.3. The van der Waals surface area contributed by atoms with E-state index in [4.69, 9.17) is 15.2 Å². The predicted octanol–water partition coefficient (Wildman–Crippen LogP) is 3.45. The summed E-state index contributed by atoms with van der Waals surface area (Å²) in [6, 6.07) is 13.2. The normalized spacial score (nSPS) is 12.6. The number of esters is 1. The summed E-state index contributed by atoms with van der Waals surface area (Å²) in [5, 5.41) is 1.72. The lowest BCUT2D eigenvalue weighted by atomic mass is 10.1. The highest BCUT2D eigenvalue weighted by atomic mass is 19.1. The molecule has 1 aliphatic rings. The van der Waals surface area contributed by atoms with Crippen LogP contribution >= 0.6 is 0 Å². The van der Waals surface area contributed by atoms with Crippen LogP contribution in [0.3, 0.4) is 0 Å². The van der Waals surface area contributed by atoms with E-state index in [1.165, 1.54) is 7.11 Å². The Morgan fingerprint density at radius 1 is 1.24 bits per heavy atom. The van der Waals surface area contributed by atoms with Crippen molar-refractivity contribution < 1.29 is 18.7 Å². The van der Waals surface area contributed by atoms with E-state index < -0.39 is 5.82 Å². The summed E-state index contributed by atoms with van der Waals surface area (Å²) < 4.78 is 24.3. The van der Waals surface area contributed by atoms with Crippen LogP contribution in [0.4, 0.5) is 33.2 Å². The maximum atomic E-state index is 13.8. The minimum absolute atomic E-state index is 0.0391. The van der Waals surface area contributed by atoms with Crippen molar-refractivity contribution >= 4 is 34.8 Å². The molecule has 0 amide bonds. The summed E-state index contributed by atoms with van der Waals surface area (Å²) in [6.07, 6.45) is 1.08. The standard InChI is InChI=1S/C23H25FN6O3/c1-14(2)33-18-8-6-16(7-9-18)30(23-26-12-19(24)22(25)28-23)17-5-4-15-11-27-29(20(15)10-17)13-21(31)32-3/h4-10,12,14,27H,11,13H2,1-3H3,(H2,25,26,28). The fourth-order valence-electron chi connectivity index (χ4n) is 3.50. The molecule has 4 rings (SSSR count). The summed E-state index contributed by atoms with van der Waals surface area (Å²) in [5.41, 5.74) is 12.2. The number of nitrogens with zero attached hydrogens (tertiary/aromatic N) is 4. The number of fused-ring (bicyclic) bond motifs is 1.